The Morgan fingerprint density at radius 2 is 1.50 bits per heavy atom. The molecule has 0 aliphatic heterocycles. The van der Waals surface area contributed by atoms with Crippen LogP contribution in [0.2, 0.25) is 0 Å². The minimum Gasteiger partial charge on any atom is -0.399 e. The third-order valence-corrected chi connectivity index (χ3v) is 4.24. The van der Waals surface area contributed by atoms with Gasteiger partial charge >= 0.3 is 0 Å². The summed E-state index contributed by atoms with van der Waals surface area (Å²) in [5.74, 6) is 6.15. The lowest BCUT2D eigenvalue weighted by atomic mass is 10.1. The van der Waals surface area contributed by atoms with E-state index < -0.39 is 0 Å². The third-order valence-electron chi connectivity index (χ3n) is 4.24. The first-order chi connectivity index (χ1) is 12.6. The van der Waals surface area contributed by atoms with E-state index in [0.29, 0.717) is 12.1 Å². The Labute approximate surface area is 156 Å². The van der Waals surface area contributed by atoms with Gasteiger partial charge in [-0.25, -0.2) is 0 Å². The van der Waals surface area contributed by atoms with Crippen LogP contribution in [0.15, 0.2) is 48.5 Å². The summed E-state index contributed by atoms with van der Waals surface area (Å²) in [5.41, 5.74) is 8.83. The molecule has 0 atom stereocenters. The molecule has 136 valence electrons. The van der Waals surface area contributed by atoms with Gasteiger partial charge in [-0.15, -0.1) is 0 Å². The molecular formula is C22H27N3O. The van der Waals surface area contributed by atoms with Crippen molar-refractivity contribution >= 4 is 11.6 Å². The van der Waals surface area contributed by atoms with Crippen LogP contribution < -0.4 is 11.1 Å². The Hall–Kier alpha value is -2.77. The number of hydrogen-bond acceptors (Lipinski definition) is 3. The van der Waals surface area contributed by atoms with Crippen LogP contribution >= 0.6 is 0 Å². The summed E-state index contributed by atoms with van der Waals surface area (Å²) in [6.45, 7) is 8.09. The fraction of sp³-hybridized carbons (Fsp3) is 0.318. The van der Waals surface area contributed by atoms with Gasteiger partial charge in [-0.1, -0.05) is 25.7 Å². The second-order valence-electron chi connectivity index (χ2n) is 6.09. The molecule has 0 saturated carbocycles. The quantitative estimate of drug-likeness (QED) is 0.459. The summed E-state index contributed by atoms with van der Waals surface area (Å²) >= 11 is 0. The Morgan fingerprint density at radius 1 is 0.962 bits per heavy atom. The molecule has 2 rings (SSSR count). The molecule has 0 spiro atoms. The van der Waals surface area contributed by atoms with Gasteiger partial charge in [-0.05, 0) is 74.6 Å². The fourth-order valence-electron chi connectivity index (χ4n) is 2.56. The van der Waals surface area contributed by atoms with Crippen LogP contribution in [0.25, 0.3) is 0 Å². The average Bonchev–Trinajstić information content (AvgIpc) is 2.68. The SMILES string of the molecule is CCN(CC)CCCNC(=O)c1ccc(C#Cc2ccc(N)cc2)cc1. The summed E-state index contributed by atoms with van der Waals surface area (Å²) in [6.07, 6.45) is 0.957. The lowest BCUT2D eigenvalue weighted by molar-refractivity contribution is 0.0952. The van der Waals surface area contributed by atoms with Crippen molar-refractivity contribution < 1.29 is 4.79 Å². The van der Waals surface area contributed by atoms with E-state index in [1.165, 1.54) is 0 Å². The van der Waals surface area contributed by atoms with Crippen molar-refractivity contribution in [3.05, 3.63) is 65.2 Å². The van der Waals surface area contributed by atoms with E-state index in [0.717, 1.165) is 42.9 Å². The summed E-state index contributed by atoms with van der Waals surface area (Å²) in [5, 5.41) is 2.97. The monoisotopic (exact) mass is 349 g/mol. The van der Waals surface area contributed by atoms with E-state index in [2.05, 4.69) is 35.9 Å². The van der Waals surface area contributed by atoms with Crippen molar-refractivity contribution in [3.8, 4) is 11.8 Å². The van der Waals surface area contributed by atoms with Gasteiger partial charge in [-0.3, -0.25) is 4.79 Å². The van der Waals surface area contributed by atoms with Crippen LogP contribution in [0, 0.1) is 11.8 Å². The molecule has 0 unspecified atom stereocenters. The van der Waals surface area contributed by atoms with E-state index in [-0.39, 0.29) is 5.91 Å². The summed E-state index contributed by atoms with van der Waals surface area (Å²) in [6, 6.07) is 14.8. The first-order valence-electron chi connectivity index (χ1n) is 9.10. The zero-order chi connectivity index (χ0) is 18.8. The van der Waals surface area contributed by atoms with Gasteiger partial charge in [0.15, 0.2) is 0 Å². The molecular weight excluding hydrogens is 322 g/mol. The Kier molecular flexibility index (Phi) is 7.73. The zero-order valence-electron chi connectivity index (χ0n) is 15.6. The van der Waals surface area contributed by atoms with E-state index in [4.69, 9.17) is 5.73 Å². The smallest absolute Gasteiger partial charge is 0.251 e. The van der Waals surface area contributed by atoms with Gasteiger partial charge in [0.2, 0.25) is 0 Å². The number of hydrogen-bond donors (Lipinski definition) is 2. The molecule has 0 fully saturated rings. The van der Waals surface area contributed by atoms with Gasteiger partial charge in [-0.2, -0.15) is 0 Å². The maximum Gasteiger partial charge on any atom is 0.251 e. The topological polar surface area (TPSA) is 58.4 Å². The molecule has 0 radical (unpaired) electrons. The number of carbonyl (C=O) groups excluding carboxylic acids is 1. The molecule has 4 nitrogen and oxygen atoms in total. The van der Waals surface area contributed by atoms with Crippen LogP contribution in [-0.4, -0.2) is 37.0 Å². The van der Waals surface area contributed by atoms with Gasteiger partial charge in [0.25, 0.3) is 5.91 Å². The number of carbonyl (C=O) groups is 1. The number of amides is 1. The fourth-order valence-corrected chi connectivity index (χ4v) is 2.56. The molecule has 26 heavy (non-hydrogen) atoms. The maximum absolute atomic E-state index is 12.2. The van der Waals surface area contributed by atoms with E-state index >= 15 is 0 Å². The molecule has 0 heterocycles. The first kappa shape index (κ1) is 19.6. The van der Waals surface area contributed by atoms with Gasteiger partial charge in [0.1, 0.15) is 0 Å². The van der Waals surface area contributed by atoms with Crippen LogP contribution in [0.4, 0.5) is 5.69 Å². The highest BCUT2D eigenvalue weighted by Crippen LogP contribution is 2.06. The predicted molar refractivity (Wildman–Crippen MR) is 108 cm³/mol. The van der Waals surface area contributed by atoms with E-state index in [9.17, 15) is 4.79 Å². The van der Waals surface area contributed by atoms with E-state index in [1.807, 2.05) is 48.5 Å². The summed E-state index contributed by atoms with van der Waals surface area (Å²) in [7, 11) is 0. The maximum atomic E-state index is 12.2. The molecule has 1 amide bonds. The van der Waals surface area contributed by atoms with Crippen molar-refractivity contribution in [2.24, 2.45) is 0 Å². The zero-order valence-corrected chi connectivity index (χ0v) is 15.6. The Balaban J connectivity index is 1.85. The number of nitrogens with one attached hydrogen (secondary N) is 1. The normalized spacial score (nSPS) is 10.3. The minimum atomic E-state index is -0.0393. The Bertz CT molecular complexity index is 751. The molecule has 0 bridgehead atoms. The molecule has 4 heteroatoms. The average molecular weight is 349 g/mol. The molecule has 3 N–H and O–H groups in total. The van der Waals surface area contributed by atoms with Gasteiger partial charge in [0.05, 0.1) is 0 Å². The number of nitrogen functional groups attached to an aromatic ring is 1. The number of nitrogens with two attached hydrogens (primary N) is 1. The van der Waals surface area contributed by atoms with Crippen molar-refractivity contribution in [2.45, 2.75) is 20.3 Å². The van der Waals surface area contributed by atoms with Gasteiger partial charge in [0, 0.05) is 28.9 Å². The standard InChI is InChI=1S/C22H27N3O/c1-3-25(4-2)17-5-16-24-22(26)20-12-8-18(9-13-20)6-7-19-10-14-21(23)15-11-19/h8-15H,3-5,16-17,23H2,1-2H3,(H,24,26). The molecule has 0 aromatic heterocycles. The van der Waals surface area contributed by atoms with Gasteiger partial charge < -0.3 is 16.0 Å². The largest absolute Gasteiger partial charge is 0.399 e. The summed E-state index contributed by atoms with van der Waals surface area (Å²) in [4.78, 5) is 14.5. The van der Waals surface area contributed by atoms with Crippen LogP contribution in [-0.2, 0) is 0 Å². The third kappa shape index (κ3) is 6.27. The molecule has 0 saturated heterocycles. The lowest BCUT2D eigenvalue weighted by Gasteiger charge is -2.17. The van der Waals surface area contributed by atoms with E-state index in [1.54, 1.807) is 0 Å². The molecule has 2 aromatic carbocycles. The van der Waals surface area contributed by atoms with Crippen molar-refractivity contribution in [2.75, 3.05) is 31.9 Å². The number of nitrogens with zero attached hydrogens (tertiary/aromatic N) is 1. The summed E-state index contributed by atoms with van der Waals surface area (Å²) < 4.78 is 0. The molecule has 0 aliphatic rings. The number of rotatable bonds is 7. The van der Waals surface area contributed by atoms with Crippen LogP contribution in [0.5, 0.6) is 0 Å². The highest BCUT2D eigenvalue weighted by molar-refractivity contribution is 5.94. The number of anilines is 1. The molecule has 2 aromatic rings. The van der Waals surface area contributed by atoms with Crippen molar-refractivity contribution in [1.82, 2.24) is 10.2 Å². The highest BCUT2D eigenvalue weighted by Gasteiger charge is 2.05. The predicted octanol–water partition coefficient (Wildman–Crippen LogP) is 3.13. The van der Waals surface area contributed by atoms with Crippen LogP contribution in [0.1, 0.15) is 41.8 Å². The second-order valence-corrected chi connectivity index (χ2v) is 6.09. The minimum absolute atomic E-state index is 0.0393. The highest BCUT2D eigenvalue weighted by atomic mass is 16.1. The second kappa shape index (κ2) is 10.3. The number of benzene rings is 2. The van der Waals surface area contributed by atoms with Crippen LogP contribution in [0.3, 0.4) is 0 Å². The van der Waals surface area contributed by atoms with Crippen molar-refractivity contribution in [1.29, 1.82) is 0 Å². The first-order valence-corrected chi connectivity index (χ1v) is 9.10. The Morgan fingerprint density at radius 3 is 2.04 bits per heavy atom. The lowest BCUT2D eigenvalue weighted by Crippen LogP contribution is -2.29. The molecule has 0 aliphatic carbocycles. The van der Waals surface area contributed by atoms with Crippen molar-refractivity contribution in [3.63, 3.8) is 0 Å².